The van der Waals surface area contributed by atoms with Gasteiger partial charge >= 0.3 is 5.97 Å². The summed E-state index contributed by atoms with van der Waals surface area (Å²) >= 11 is 0. The summed E-state index contributed by atoms with van der Waals surface area (Å²) in [5.74, 6) is -1.34. The standard InChI is InChI=1S/C18H19N5O3/c1-12-10-13(2)23-18(19-12)20-16(21-23)17(26)22(11-15(24)25)9-8-14-6-4-3-5-7-14/h3-7,10H,8-9,11H2,1-2H3,(H,24,25). The second-order valence-electron chi connectivity index (χ2n) is 6.04. The van der Waals surface area contributed by atoms with Gasteiger partial charge in [0.1, 0.15) is 6.54 Å². The van der Waals surface area contributed by atoms with E-state index in [1.54, 1.807) is 0 Å². The van der Waals surface area contributed by atoms with Gasteiger partial charge in [0.15, 0.2) is 0 Å². The summed E-state index contributed by atoms with van der Waals surface area (Å²) in [6.45, 7) is 3.53. The highest BCUT2D eigenvalue weighted by atomic mass is 16.4. The summed E-state index contributed by atoms with van der Waals surface area (Å²) in [7, 11) is 0. The van der Waals surface area contributed by atoms with Crippen LogP contribution >= 0.6 is 0 Å². The Hall–Kier alpha value is -3.29. The van der Waals surface area contributed by atoms with Gasteiger partial charge in [0.2, 0.25) is 5.82 Å². The minimum Gasteiger partial charge on any atom is -0.480 e. The fourth-order valence-corrected chi connectivity index (χ4v) is 2.72. The summed E-state index contributed by atoms with van der Waals surface area (Å²) in [6, 6.07) is 11.4. The van der Waals surface area contributed by atoms with E-state index in [1.807, 2.05) is 50.2 Å². The molecule has 0 atom stereocenters. The minimum absolute atomic E-state index is 0.0551. The minimum atomic E-state index is -1.08. The molecule has 2 heterocycles. The molecule has 1 N–H and O–H groups in total. The van der Waals surface area contributed by atoms with Crippen molar-refractivity contribution in [3.63, 3.8) is 0 Å². The maximum absolute atomic E-state index is 12.8. The molecule has 0 aliphatic carbocycles. The van der Waals surface area contributed by atoms with Gasteiger partial charge in [-0.25, -0.2) is 9.50 Å². The zero-order chi connectivity index (χ0) is 18.7. The van der Waals surface area contributed by atoms with Crippen LogP contribution in [0.4, 0.5) is 0 Å². The van der Waals surface area contributed by atoms with Crippen molar-refractivity contribution in [2.24, 2.45) is 0 Å². The third-order valence-corrected chi connectivity index (χ3v) is 3.94. The molecule has 0 saturated heterocycles. The number of aliphatic carboxylic acids is 1. The van der Waals surface area contributed by atoms with Crippen molar-refractivity contribution in [1.29, 1.82) is 0 Å². The molecule has 26 heavy (non-hydrogen) atoms. The van der Waals surface area contributed by atoms with E-state index in [0.717, 1.165) is 17.0 Å². The van der Waals surface area contributed by atoms with Gasteiger partial charge in [-0.15, -0.1) is 5.10 Å². The van der Waals surface area contributed by atoms with Crippen molar-refractivity contribution in [2.75, 3.05) is 13.1 Å². The van der Waals surface area contributed by atoms with Gasteiger partial charge in [0.05, 0.1) is 0 Å². The van der Waals surface area contributed by atoms with Crippen LogP contribution in [-0.4, -0.2) is 54.6 Å². The molecule has 3 aromatic rings. The Morgan fingerprint density at radius 1 is 1.15 bits per heavy atom. The predicted octanol–water partition coefficient (Wildman–Crippen LogP) is 1.51. The molecule has 0 fully saturated rings. The van der Waals surface area contributed by atoms with Crippen molar-refractivity contribution in [2.45, 2.75) is 20.3 Å². The molecule has 3 rings (SSSR count). The first-order valence-electron chi connectivity index (χ1n) is 8.20. The van der Waals surface area contributed by atoms with Gasteiger partial charge in [0.25, 0.3) is 11.7 Å². The molecule has 0 spiro atoms. The van der Waals surface area contributed by atoms with E-state index < -0.39 is 18.4 Å². The molecular formula is C18H19N5O3. The Balaban J connectivity index is 1.84. The zero-order valence-electron chi connectivity index (χ0n) is 14.6. The van der Waals surface area contributed by atoms with E-state index in [2.05, 4.69) is 15.1 Å². The summed E-state index contributed by atoms with van der Waals surface area (Å²) in [5.41, 5.74) is 2.59. The van der Waals surface area contributed by atoms with Crippen LogP contribution < -0.4 is 0 Å². The van der Waals surface area contributed by atoms with Crippen molar-refractivity contribution in [3.05, 3.63) is 59.2 Å². The van der Waals surface area contributed by atoms with Crippen LogP contribution in [-0.2, 0) is 11.2 Å². The van der Waals surface area contributed by atoms with E-state index in [1.165, 1.54) is 9.42 Å². The number of hydrogen-bond acceptors (Lipinski definition) is 5. The second-order valence-corrected chi connectivity index (χ2v) is 6.04. The van der Waals surface area contributed by atoms with Crippen LogP contribution in [0.5, 0.6) is 0 Å². The topological polar surface area (TPSA) is 101 Å². The highest BCUT2D eigenvalue weighted by molar-refractivity contribution is 5.92. The highest BCUT2D eigenvalue weighted by Gasteiger charge is 2.23. The van der Waals surface area contributed by atoms with Crippen LogP contribution in [0.3, 0.4) is 0 Å². The fourth-order valence-electron chi connectivity index (χ4n) is 2.72. The monoisotopic (exact) mass is 353 g/mol. The molecule has 0 aliphatic rings. The number of nitrogens with zero attached hydrogens (tertiary/aromatic N) is 5. The van der Waals surface area contributed by atoms with Gasteiger partial charge in [-0.1, -0.05) is 30.3 Å². The van der Waals surface area contributed by atoms with Gasteiger partial charge in [-0.05, 0) is 31.9 Å². The van der Waals surface area contributed by atoms with Crippen LogP contribution in [0.15, 0.2) is 36.4 Å². The molecule has 8 heteroatoms. The number of benzene rings is 1. The number of carbonyl (C=O) groups excluding carboxylic acids is 1. The predicted molar refractivity (Wildman–Crippen MR) is 93.9 cm³/mol. The molecule has 0 aliphatic heterocycles. The smallest absolute Gasteiger partial charge is 0.323 e. The molecule has 0 saturated carbocycles. The first-order chi connectivity index (χ1) is 12.4. The third kappa shape index (κ3) is 3.85. The van der Waals surface area contributed by atoms with Gasteiger partial charge < -0.3 is 10.0 Å². The van der Waals surface area contributed by atoms with Gasteiger partial charge in [-0.3, -0.25) is 9.59 Å². The molecule has 0 unspecified atom stereocenters. The van der Waals surface area contributed by atoms with Crippen LogP contribution in [0.1, 0.15) is 27.6 Å². The number of carboxylic acid groups (broad SMARTS) is 1. The molecule has 1 aromatic carbocycles. The number of carbonyl (C=O) groups is 2. The number of carboxylic acids is 1. The van der Waals surface area contributed by atoms with Gasteiger partial charge in [0, 0.05) is 17.9 Å². The number of aromatic nitrogens is 4. The normalized spacial score (nSPS) is 10.8. The highest BCUT2D eigenvalue weighted by Crippen LogP contribution is 2.09. The lowest BCUT2D eigenvalue weighted by Crippen LogP contribution is -2.37. The first-order valence-corrected chi connectivity index (χ1v) is 8.20. The summed E-state index contributed by atoms with van der Waals surface area (Å²) < 4.78 is 1.48. The maximum Gasteiger partial charge on any atom is 0.323 e. The molecule has 0 radical (unpaired) electrons. The SMILES string of the molecule is Cc1cc(C)n2nc(C(=O)N(CCc3ccccc3)CC(=O)O)nc2n1. The Labute approximate surface area is 150 Å². The molecule has 0 bridgehead atoms. The summed E-state index contributed by atoms with van der Waals surface area (Å²) in [5, 5.41) is 13.3. The van der Waals surface area contributed by atoms with Crippen LogP contribution in [0, 0.1) is 13.8 Å². The maximum atomic E-state index is 12.8. The number of amides is 1. The Morgan fingerprint density at radius 3 is 2.58 bits per heavy atom. The molecule has 134 valence electrons. The van der Waals surface area contributed by atoms with E-state index in [4.69, 9.17) is 5.11 Å². The Bertz CT molecular complexity index is 952. The van der Waals surface area contributed by atoms with E-state index in [9.17, 15) is 9.59 Å². The lowest BCUT2D eigenvalue weighted by molar-refractivity contribution is -0.137. The van der Waals surface area contributed by atoms with E-state index >= 15 is 0 Å². The average molecular weight is 353 g/mol. The lowest BCUT2D eigenvalue weighted by Gasteiger charge is -2.19. The van der Waals surface area contributed by atoms with Crippen molar-refractivity contribution < 1.29 is 14.7 Å². The number of fused-ring (bicyclic) bond motifs is 1. The van der Waals surface area contributed by atoms with Crippen molar-refractivity contribution in [1.82, 2.24) is 24.5 Å². The lowest BCUT2D eigenvalue weighted by atomic mass is 10.1. The number of rotatable bonds is 6. The molecule has 1 amide bonds. The summed E-state index contributed by atoms with van der Waals surface area (Å²) in [4.78, 5) is 33.6. The van der Waals surface area contributed by atoms with Crippen molar-refractivity contribution in [3.8, 4) is 0 Å². The first kappa shape index (κ1) is 17.5. The second kappa shape index (κ2) is 7.30. The Kier molecular flexibility index (Phi) is 4.92. The van der Waals surface area contributed by atoms with Crippen LogP contribution in [0.25, 0.3) is 5.78 Å². The fraction of sp³-hybridized carbons (Fsp3) is 0.278. The number of aryl methyl sites for hydroxylation is 2. The van der Waals surface area contributed by atoms with E-state index in [-0.39, 0.29) is 12.4 Å². The molecular weight excluding hydrogens is 334 g/mol. The molecule has 8 nitrogen and oxygen atoms in total. The van der Waals surface area contributed by atoms with Crippen molar-refractivity contribution >= 4 is 17.7 Å². The molecule has 2 aromatic heterocycles. The zero-order valence-corrected chi connectivity index (χ0v) is 14.6. The van der Waals surface area contributed by atoms with Gasteiger partial charge in [-0.2, -0.15) is 4.98 Å². The Morgan fingerprint density at radius 2 is 1.88 bits per heavy atom. The third-order valence-electron chi connectivity index (χ3n) is 3.94. The average Bonchev–Trinajstić information content (AvgIpc) is 3.03. The number of hydrogen-bond donors (Lipinski definition) is 1. The summed E-state index contributed by atoms with van der Waals surface area (Å²) in [6.07, 6.45) is 0.545. The largest absolute Gasteiger partial charge is 0.480 e. The quantitative estimate of drug-likeness (QED) is 0.721. The van der Waals surface area contributed by atoms with Crippen LogP contribution in [0.2, 0.25) is 0 Å². The van der Waals surface area contributed by atoms with E-state index in [0.29, 0.717) is 12.2 Å².